The molecule has 0 radical (unpaired) electrons. The van der Waals surface area contributed by atoms with Gasteiger partial charge in [0, 0.05) is 12.6 Å². The van der Waals surface area contributed by atoms with E-state index in [1.807, 2.05) is 13.0 Å². The Kier molecular flexibility index (Phi) is 4.80. The molecule has 1 amide bonds. The number of nitrogens with zero attached hydrogens (tertiary/aromatic N) is 1. The minimum absolute atomic E-state index is 0.202. The Morgan fingerprint density at radius 1 is 1.33 bits per heavy atom. The number of amides is 1. The predicted molar refractivity (Wildman–Crippen MR) is 82.2 cm³/mol. The molecule has 1 atom stereocenters. The summed E-state index contributed by atoms with van der Waals surface area (Å²) in [4.78, 5) is 14.1. The predicted octanol–water partition coefficient (Wildman–Crippen LogP) is 4.43. The SMILES string of the molecule is COc1c(Cl)cc(C(=O)N(C)C(C)c2ccco2)cc1Cl. The molecule has 0 fully saturated rings. The van der Waals surface area contributed by atoms with Crippen molar-refractivity contribution in [3.8, 4) is 5.75 Å². The van der Waals surface area contributed by atoms with Crippen LogP contribution in [0.5, 0.6) is 5.75 Å². The normalized spacial score (nSPS) is 12.0. The number of carbonyl (C=O) groups excluding carboxylic acids is 1. The third-order valence-electron chi connectivity index (χ3n) is 3.31. The Morgan fingerprint density at radius 2 is 1.95 bits per heavy atom. The van der Waals surface area contributed by atoms with Gasteiger partial charge in [-0.2, -0.15) is 0 Å². The zero-order chi connectivity index (χ0) is 15.6. The first-order chi connectivity index (χ1) is 9.95. The summed E-state index contributed by atoms with van der Waals surface area (Å²) < 4.78 is 10.4. The van der Waals surface area contributed by atoms with Gasteiger partial charge in [0.15, 0.2) is 5.75 Å². The maximum absolute atomic E-state index is 12.5. The van der Waals surface area contributed by atoms with Crippen LogP contribution < -0.4 is 4.74 Å². The van der Waals surface area contributed by atoms with Crippen molar-refractivity contribution in [2.24, 2.45) is 0 Å². The number of hydrogen-bond acceptors (Lipinski definition) is 3. The Balaban J connectivity index is 2.28. The molecule has 0 saturated heterocycles. The highest BCUT2D eigenvalue weighted by Crippen LogP contribution is 2.34. The first-order valence-electron chi connectivity index (χ1n) is 6.29. The monoisotopic (exact) mass is 327 g/mol. The minimum atomic E-state index is -0.203. The summed E-state index contributed by atoms with van der Waals surface area (Å²) in [5.41, 5.74) is 0.395. The molecule has 0 aliphatic carbocycles. The van der Waals surface area contributed by atoms with E-state index in [-0.39, 0.29) is 11.9 Å². The smallest absolute Gasteiger partial charge is 0.254 e. The highest BCUT2D eigenvalue weighted by Gasteiger charge is 2.22. The quantitative estimate of drug-likeness (QED) is 0.834. The van der Waals surface area contributed by atoms with Crippen molar-refractivity contribution in [2.45, 2.75) is 13.0 Å². The molecule has 1 unspecified atom stereocenters. The van der Waals surface area contributed by atoms with Gasteiger partial charge < -0.3 is 14.1 Å². The number of carbonyl (C=O) groups is 1. The molecule has 0 aliphatic rings. The van der Waals surface area contributed by atoms with E-state index in [1.54, 1.807) is 36.4 Å². The van der Waals surface area contributed by atoms with Crippen molar-refractivity contribution >= 4 is 29.1 Å². The third kappa shape index (κ3) is 3.17. The molecule has 1 heterocycles. The molecular weight excluding hydrogens is 313 g/mol. The summed E-state index contributed by atoms with van der Waals surface area (Å²) in [5, 5.41) is 0.597. The molecule has 0 N–H and O–H groups in total. The summed E-state index contributed by atoms with van der Waals surface area (Å²) >= 11 is 12.1. The number of rotatable bonds is 4. The number of benzene rings is 1. The topological polar surface area (TPSA) is 42.7 Å². The molecule has 0 saturated carbocycles. The molecule has 0 aliphatic heterocycles. The third-order valence-corrected chi connectivity index (χ3v) is 3.87. The zero-order valence-corrected chi connectivity index (χ0v) is 13.4. The Labute approximate surface area is 133 Å². The number of furan rings is 1. The first-order valence-corrected chi connectivity index (χ1v) is 7.05. The molecule has 0 bridgehead atoms. The lowest BCUT2D eigenvalue weighted by atomic mass is 10.1. The van der Waals surface area contributed by atoms with Crippen molar-refractivity contribution in [3.63, 3.8) is 0 Å². The maximum atomic E-state index is 12.5. The fraction of sp³-hybridized carbons (Fsp3) is 0.267. The van der Waals surface area contributed by atoms with Gasteiger partial charge in [-0.1, -0.05) is 23.2 Å². The molecule has 4 nitrogen and oxygen atoms in total. The second-order valence-electron chi connectivity index (χ2n) is 4.58. The zero-order valence-electron chi connectivity index (χ0n) is 11.9. The van der Waals surface area contributed by atoms with Gasteiger partial charge in [0.1, 0.15) is 5.76 Å². The van der Waals surface area contributed by atoms with E-state index in [9.17, 15) is 4.79 Å². The standard InChI is InChI=1S/C15H15Cl2NO3/c1-9(13-5-4-6-21-13)18(2)15(19)10-7-11(16)14(20-3)12(17)8-10/h4-9H,1-3H3. The fourth-order valence-electron chi connectivity index (χ4n) is 1.98. The van der Waals surface area contributed by atoms with Crippen molar-refractivity contribution in [3.05, 3.63) is 51.9 Å². The van der Waals surface area contributed by atoms with Crippen LogP contribution in [0.25, 0.3) is 0 Å². The number of hydrogen-bond donors (Lipinski definition) is 0. The molecule has 0 spiro atoms. The Hall–Kier alpha value is -1.65. The molecule has 1 aromatic carbocycles. The van der Waals surface area contributed by atoms with Crippen molar-refractivity contribution in [1.82, 2.24) is 4.90 Å². The van der Waals surface area contributed by atoms with Crippen LogP contribution in [0.15, 0.2) is 34.9 Å². The summed E-state index contributed by atoms with van der Waals surface area (Å²) in [6.07, 6.45) is 1.57. The average molecular weight is 328 g/mol. The molecule has 112 valence electrons. The number of ether oxygens (including phenoxy) is 1. The van der Waals surface area contributed by atoms with Gasteiger partial charge >= 0.3 is 0 Å². The molecular formula is C15H15Cl2NO3. The van der Waals surface area contributed by atoms with Crippen LogP contribution >= 0.6 is 23.2 Å². The number of methoxy groups -OCH3 is 1. The van der Waals surface area contributed by atoms with E-state index in [0.717, 1.165) is 0 Å². The second kappa shape index (κ2) is 6.41. The van der Waals surface area contributed by atoms with Gasteiger partial charge in [-0.3, -0.25) is 4.79 Å². The second-order valence-corrected chi connectivity index (χ2v) is 5.39. The van der Waals surface area contributed by atoms with E-state index >= 15 is 0 Å². The van der Waals surface area contributed by atoms with Crippen molar-refractivity contribution in [2.75, 3.05) is 14.2 Å². The van der Waals surface area contributed by atoms with Gasteiger partial charge in [-0.05, 0) is 31.2 Å². The average Bonchev–Trinajstić information content (AvgIpc) is 2.98. The van der Waals surface area contributed by atoms with Crippen LogP contribution in [0.2, 0.25) is 10.0 Å². The summed E-state index contributed by atoms with van der Waals surface area (Å²) in [6.45, 7) is 1.88. The number of halogens is 2. The molecule has 21 heavy (non-hydrogen) atoms. The Bertz CT molecular complexity index is 617. The van der Waals surface area contributed by atoms with Crippen LogP contribution in [0.4, 0.5) is 0 Å². The first kappa shape index (κ1) is 15.7. The Morgan fingerprint density at radius 3 is 2.43 bits per heavy atom. The van der Waals surface area contributed by atoms with Crippen molar-refractivity contribution in [1.29, 1.82) is 0 Å². The van der Waals surface area contributed by atoms with E-state index < -0.39 is 0 Å². The lowest BCUT2D eigenvalue weighted by Gasteiger charge is -2.23. The molecule has 2 rings (SSSR count). The van der Waals surface area contributed by atoms with Crippen LogP contribution in [0, 0.1) is 0 Å². The minimum Gasteiger partial charge on any atom is -0.494 e. The lowest BCUT2D eigenvalue weighted by molar-refractivity contribution is 0.0726. The highest BCUT2D eigenvalue weighted by atomic mass is 35.5. The molecule has 6 heteroatoms. The fourth-order valence-corrected chi connectivity index (χ4v) is 2.62. The van der Waals surface area contributed by atoms with Crippen molar-refractivity contribution < 1.29 is 13.9 Å². The van der Waals surface area contributed by atoms with Crippen LogP contribution in [-0.2, 0) is 0 Å². The van der Waals surface area contributed by atoms with Gasteiger partial charge in [0.05, 0.1) is 29.5 Å². The van der Waals surface area contributed by atoms with E-state index in [1.165, 1.54) is 7.11 Å². The van der Waals surface area contributed by atoms with E-state index in [0.29, 0.717) is 27.1 Å². The van der Waals surface area contributed by atoms with Crippen LogP contribution in [0.1, 0.15) is 29.1 Å². The highest BCUT2D eigenvalue weighted by molar-refractivity contribution is 6.37. The molecule has 2 aromatic rings. The van der Waals surface area contributed by atoms with E-state index in [4.69, 9.17) is 32.4 Å². The van der Waals surface area contributed by atoms with Gasteiger partial charge in [-0.25, -0.2) is 0 Å². The summed E-state index contributed by atoms with van der Waals surface area (Å²) in [6, 6.07) is 6.49. The largest absolute Gasteiger partial charge is 0.494 e. The van der Waals surface area contributed by atoms with Crippen LogP contribution in [-0.4, -0.2) is 25.0 Å². The maximum Gasteiger partial charge on any atom is 0.254 e. The van der Waals surface area contributed by atoms with Gasteiger partial charge in [0.25, 0.3) is 5.91 Å². The van der Waals surface area contributed by atoms with E-state index in [2.05, 4.69) is 0 Å². The van der Waals surface area contributed by atoms with Gasteiger partial charge in [0.2, 0.25) is 0 Å². The summed E-state index contributed by atoms with van der Waals surface area (Å²) in [7, 11) is 3.17. The van der Waals surface area contributed by atoms with Crippen LogP contribution in [0.3, 0.4) is 0 Å². The molecule has 1 aromatic heterocycles. The lowest BCUT2D eigenvalue weighted by Crippen LogP contribution is -2.29. The van der Waals surface area contributed by atoms with Gasteiger partial charge in [-0.15, -0.1) is 0 Å². The summed E-state index contributed by atoms with van der Waals surface area (Å²) in [5.74, 6) is 0.860.